The number of hydrogen-bond acceptors (Lipinski definition) is 5. The normalized spacial score (nSPS) is 11.2. The highest BCUT2D eigenvalue weighted by Crippen LogP contribution is 2.21. The number of nitrogens with zero attached hydrogens (tertiary/aromatic N) is 3. The number of Topliss-reactive ketones (excluding diaryl/α,β-unsaturated/α-hetero) is 1. The van der Waals surface area contributed by atoms with E-state index >= 15 is 0 Å². The Balaban J connectivity index is 1.66. The van der Waals surface area contributed by atoms with Crippen molar-refractivity contribution in [2.45, 2.75) is 58.3 Å². The number of aryl methyl sites for hydroxylation is 2. The van der Waals surface area contributed by atoms with Crippen molar-refractivity contribution >= 4 is 28.9 Å². The third kappa shape index (κ3) is 4.67. The zero-order chi connectivity index (χ0) is 20.1. The molecule has 28 heavy (non-hydrogen) atoms. The Morgan fingerprint density at radius 1 is 1.29 bits per heavy atom. The van der Waals surface area contributed by atoms with Crippen molar-refractivity contribution in [3.63, 3.8) is 0 Å². The molecule has 0 atom stereocenters. The molecule has 0 unspecified atom stereocenters. The van der Waals surface area contributed by atoms with Crippen LogP contribution in [0.15, 0.2) is 33.5 Å². The summed E-state index contributed by atoms with van der Waals surface area (Å²) in [4.78, 5) is 26.0. The Bertz CT molecular complexity index is 983. The first-order valence-corrected chi connectivity index (χ1v) is 11.4. The fraction of sp³-hybridized carbons (Fsp3) is 0.450. The van der Waals surface area contributed by atoms with E-state index in [1.165, 1.54) is 16.6 Å². The number of H-pyrrole nitrogens is 1. The molecule has 3 rings (SSSR count). The number of hydrogen-bond donors (Lipinski definition) is 1. The van der Waals surface area contributed by atoms with E-state index in [1.807, 2.05) is 19.9 Å². The molecule has 0 aromatic carbocycles. The van der Waals surface area contributed by atoms with Gasteiger partial charge in [-0.2, -0.15) is 0 Å². The van der Waals surface area contributed by atoms with Crippen LogP contribution in [0.3, 0.4) is 0 Å². The molecule has 1 N–H and O–H groups in total. The van der Waals surface area contributed by atoms with Crippen LogP contribution in [0, 0.1) is 13.8 Å². The van der Waals surface area contributed by atoms with Gasteiger partial charge in [0.15, 0.2) is 10.9 Å². The summed E-state index contributed by atoms with van der Waals surface area (Å²) in [5.74, 6) is 0.337. The standard InChI is InChI=1S/C20H26N4O2S2/c1-4-5-9-24-19(26)21-22-20(24)28-13-18(25)17-12-14(2)23(15(17)3)10-8-16-7-6-11-27-16/h6-7,11-12H,4-5,8-10,13H2,1-3H3,(H,21,26). The smallest absolute Gasteiger partial charge is 0.343 e. The maximum atomic E-state index is 12.8. The summed E-state index contributed by atoms with van der Waals surface area (Å²) in [5.41, 5.74) is 2.65. The highest BCUT2D eigenvalue weighted by atomic mass is 32.2. The lowest BCUT2D eigenvalue weighted by atomic mass is 10.2. The first kappa shape index (κ1) is 20.7. The van der Waals surface area contributed by atoms with Crippen LogP contribution in [-0.2, 0) is 19.5 Å². The van der Waals surface area contributed by atoms with E-state index in [9.17, 15) is 9.59 Å². The van der Waals surface area contributed by atoms with Crippen LogP contribution in [0.1, 0.15) is 46.4 Å². The van der Waals surface area contributed by atoms with Gasteiger partial charge in [0.05, 0.1) is 5.75 Å². The maximum absolute atomic E-state index is 12.8. The summed E-state index contributed by atoms with van der Waals surface area (Å²) in [6, 6.07) is 6.18. The molecule has 0 aliphatic rings. The van der Waals surface area contributed by atoms with E-state index in [2.05, 4.69) is 39.2 Å². The van der Waals surface area contributed by atoms with E-state index in [0.717, 1.165) is 42.8 Å². The molecule has 3 aromatic heterocycles. The van der Waals surface area contributed by atoms with Crippen molar-refractivity contribution < 1.29 is 4.79 Å². The second-order valence-electron chi connectivity index (χ2n) is 6.79. The third-order valence-corrected chi connectivity index (χ3v) is 6.74. The number of carbonyl (C=O) groups is 1. The number of nitrogens with one attached hydrogen (secondary N) is 1. The molecule has 150 valence electrons. The molecular weight excluding hydrogens is 392 g/mol. The molecular formula is C20H26N4O2S2. The Morgan fingerprint density at radius 3 is 2.82 bits per heavy atom. The Morgan fingerprint density at radius 2 is 2.11 bits per heavy atom. The summed E-state index contributed by atoms with van der Waals surface area (Å²) < 4.78 is 3.83. The number of carbonyl (C=O) groups excluding carboxylic acids is 1. The van der Waals surface area contributed by atoms with Crippen molar-refractivity contribution in [2.75, 3.05) is 5.75 Å². The van der Waals surface area contributed by atoms with Gasteiger partial charge in [-0.05, 0) is 44.2 Å². The maximum Gasteiger partial charge on any atom is 0.343 e. The fourth-order valence-electron chi connectivity index (χ4n) is 3.24. The number of ketones is 1. The lowest BCUT2D eigenvalue weighted by Gasteiger charge is -2.09. The molecule has 0 saturated carbocycles. The van der Waals surface area contributed by atoms with Gasteiger partial charge in [0.1, 0.15) is 0 Å². The van der Waals surface area contributed by atoms with Crippen LogP contribution in [0.5, 0.6) is 0 Å². The lowest BCUT2D eigenvalue weighted by Crippen LogP contribution is -2.18. The summed E-state index contributed by atoms with van der Waals surface area (Å²) in [7, 11) is 0. The van der Waals surface area contributed by atoms with Crippen molar-refractivity contribution in [1.82, 2.24) is 19.3 Å². The van der Waals surface area contributed by atoms with Crippen molar-refractivity contribution in [3.8, 4) is 0 Å². The molecule has 0 radical (unpaired) electrons. The van der Waals surface area contributed by atoms with Gasteiger partial charge in [0.2, 0.25) is 0 Å². The van der Waals surface area contributed by atoms with Gasteiger partial charge >= 0.3 is 5.69 Å². The van der Waals surface area contributed by atoms with Crippen LogP contribution in [0.4, 0.5) is 0 Å². The number of rotatable bonds is 10. The van der Waals surface area contributed by atoms with Gasteiger partial charge in [-0.1, -0.05) is 31.2 Å². The minimum Gasteiger partial charge on any atom is -0.348 e. The molecule has 0 bridgehead atoms. The zero-order valence-electron chi connectivity index (χ0n) is 16.5. The van der Waals surface area contributed by atoms with Gasteiger partial charge in [-0.25, -0.2) is 9.89 Å². The molecule has 6 nitrogen and oxygen atoms in total. The van der Waals surface area contributed by atoms with Crippen LogP contribution in [-0.4, -0.2) is 30.9 Å². The van der Waals surface area contributed by atoms with E-state index < -0.39 is 0 Å². The molecule has 0 fully saturated rings. The van der Waals surface area contributed by atoms with Gasteiger partial charge in [-0.3, -0.25) is 9.36 Å². The van der Waals surface area contributed by atoms with E-state index in [4.69, 9.17) is 0 Å². The van der Waals surface area contributed by atoms with Crippen molar-refractivity contribution in [1.29, 1.82) is 0 Å². The summed E-state index contributed by atoms with van der Waals surface area (Å²) >= 11 is 3.08. The second-order valence-corrected chi connectivity index (χ2v) is 8.77. The molecule has 0 saturated heterocycles. The average Bonchev–Trinajstić information content (AvgIpc) is 3.38. The Kier molecular flexibility index (Phi) is 6.96. The van der Waals surface area contributed by atoms with E-state index in [-0.39, 0.29) is 17.2 Å². The van der Waals surface area contributed by atoms with Crippen molar-refractivity contribution in [2.24, 2.45) is 0 Å². The van der Waals surface area contributed by atoms with Crippen LogP contribution in [0.25, 0.3) is 0 Å². The fourth-order valence-corrected chi connectivity index (χ4v) is 4.79. The SMILES string of the molecule is CCCCn1c(SCC(=O)c2cc(C)n(CCc3cccs3)c2C)n[nH]c1=O. The monoisotopic (exact) mass is 418 g/mol. The highest BCUT2D eigenvalue weighted by molar-refractivity contribution is 7.99. The quantitative estimate of drug-likeness (QED) is 0.398. The number of thiophene rings is 1. The number of thioether (sulfide) groups is 1. The number of aromatic amines is 1. The zero-order valence-corrected chi connectivity index (χ0v) is 18.2. The number of aromatic nitrogens is 4. The predicted molar refractivity (Wildman–Crippen MR) is 115 cm³/mol. The molecule has 0 amide bonds. The van der Waals surface area contributed by atoms with Crippen LogP contribution in [0.2, 0.25) is 0 Å². The first-order chi connectivity index (χ1) is 13.5. The van der Waals surface area contributed by atoms with Crippen LogP contribution < -0.4 is 5.69 Å². The predicted octanol–water partition coefficient (Wildman–Crippen LogP) is 4.07. The molecule has 3 heterocycles. The number of unbranched alkanes of at least 4 members (excludes halogenated alkanes) is 1. The molecule has 8 heteroatoms. The van der Waals surface area contributed by atoms with E-state index in [1.54, 1.807) is 15.9 Å². The summed E-state index contributed by atoms with van der Waals surface area (Å²) in [6.07, 6.45) is 2.87. The lowest BCUT2D eigenvalue weighted by molar-refractivity contribution is 0.102. The van der Waals surface area contributed by atoms with E-state index in [0.29, 0.717) is 11.7 Å². The third-order valence-electron chi connectivity index (χ3n) is 4.83. The molecule has 0 spiro atoms. The van der Waals surface area contributed by atoms with Crippen molar-refractivity contribution in [3.05, 3.63) is 55.9 Å². The summed E-state index contributed by atoms with van der Waals surface area (Å²) in [5, 5.41) is 9.23. The van der Waals surface area contributed by atoms with Gasteiger partial charge in [-0.15, -0.1) is 16.4 Å². The largest absolute Gasteiger partial charge is 0.348 e. The van der Waals surface area contributed by atoms with Gasteiger partial charge in [0, 0.05) is 34.9 Å². The minimum absolute atomic E-state index is 0.0676. The van der Waals surface area contributed by atoms with Gasteiger partial charge < -0.3 is 4.57 Å². The van der Waals surface area contributed by atoms with Gasteiger partial charge in [0.25, 0.3) is 0 Å². The highest BCUT2D eigenvalue weighted by Gasteiger charge is 2.18. The topological polar surface area (TPSA) is 72.7 Å². The Hall–Kier alpha value is -2.06. The van der Waals surface area contributed by atoms with Crippen LogP contribution >= 0.6 is 23.1 Å². The second kappa shape index (κ2) is 9.43. The first-order valence-electron chi connectivity index (χ1n) is 9.51. The molecule has 0 aliphatic heterocycles. The Labute approximate surface area is 173 Å². The molecule has 3 aromatic rings. The summed E-state index contributed by atoms with van der Waals surface area (Å²) in [6.45, 7) is 7.62. The molecule has 0 aliphatic carbocycles. The average molecular weight is 419 g/mol. The minimum atomic E-state index is -0.213.